The number of nitrogens with zero attached hydrogens (tertiary/aromatic N) is 4. The Hall–Kier alpha value is -2.95. The van der Waals surface area contributed by atoms with Gasteiger partial charge in [0.2, 0.25) is 0 Å². The number of benzene rings is 1. The van der Waals surface area contributed by atoms with Gasteiger partial charge in [-0.25, -0.2) is 13.2 Å². The Balaban J connectivity index is 2.15. The summed E-state index contributed by atoms with van der Waals surface area (Å²) in [5, 5.41) is 1.14. The van der Waals surface area contributed by atoms with Crippen molar-refractivity contribution in [3.05, 3.63) is 40.3 Å². The third-order valence-electron chi connectivity index (χ3n) is 2.85. The van der Waals surface area contributed by atoms with Crippen LogP contribution in [-0.2, 0) is 24.5 Å². The Morgan fingerprint density at radius 1 is 1.35 bits per heavy atom. The van der Waals surface area contributed by atoms with Crippen LogP contribution in [0.3, 0.4) is 0 Å². The summed E-state index contributed by atoms with van der Waals surface area (Å²) in [6.07, 6.45) is -0.881. The second-order valence-electron chi connectivity index (χ2n) is 4.33. The molecule has 2 amide bonds. The highest BCUT2D eigenvalue weighted by Crippen LogP contribution is 2.21. The summed E-state index contributed by atoms with van der Waals surface area (Å²) in [6.45, 7) is 0. The van der Waals surface area contributed by atoms with Gasteiger partial charge in [-0.05, 0) is 17.7 Å². The fourth-order valence-electron chi connectivity index (χ4n) is 1.76. The van der Waals surface area contributed by atoms with Crippen molar-refractivity contribution < 1.29 is 32.2 Å². The molecular formula is C11H7N4O7S-. The number of hydrogen-bond acceptors (Lipinski definition) is 8. The minimum Gasteiger partial charge on any atom is -0.747 e. The van der Waals surface area contributed by atoms with Crippen LogP contribution >= 0.6 is 0 Å². The number of amides is 2. The monoisotopic (exact) mass is 339 g/mol. The van der Waals surface area contributed by atoms with E-state index in [9.17, 15) is 27.4 Å². The van der Waals surface area contributed by atoms with Crippen LogP contribution in [0.5, 0.6) is 0 Å². The van der Waals surface area contributed by atoms with Crippen molar-refractivity contribution in [2.75, 3.05) is 0 Å². The van der Waals surface area contributed by atoms with Crippen LogP contribution in [0.15, 0.2) is 29.4 Å². The molecule has 2 rings (SSSR count). The number of imide groups is 1. The van der Waals surface area contributed by atoms with Crippen molar-refractivity contribution in [1.29, 1.82) is 0 Å². The van der Waals surface area contributed by atoms with Gasteiger partial charge in [0.1, 0.15) is 15.4 Å². The number of rotatable bonds is 4. The van der Waals surface area contributed by atoms with Crippen LogP contribution in [0, 0.1) is 0 Å². The first-order chi connectivity index (χ1) is 10.7. The molecule has 1 aromatic carbocycles. The molecule has 1 atom stereocenters. The van der Waals surface area contributed by atoms with Gasteiger partial charge in [0.15, 0.2) is 0 Å². The molecular weight excluding hydrogens is 332 g/mol. The molecule has 1 aromatic rings. The molecule has 0 radical (unpaired) electrons. The third kappa shape index (κ3) is 3.45. The van der Waals surface area contributed by atoms with Crippen LogP contribution in [0.1, 0.15) is 16.8 Å². The van der Waals surface area contributed by atoms with Gasteiger partial charge in [0.05, 0.1) is 12.0 Å². The number of azide groups is 1. The van der Waals surface area contributed by atoms with E-state index < -0.39 is 39.6 Å². The molecule has 23 heavy (non-hydrogen) atoms. The molecule has 0 bridgehead atoms. The summed E-state index contributed by atoms with van der Waals surface area (Å²) >= 11 is 0. The van der Waals surface area contributed by atoms with Crippen LogP contribution < -0.4 is 0 Å². The molecule has 0 N–H and O–H groups in total. The fraction of sp³-hybridized carbons (Fsp3) is 0.182. The lowest BCUT2D eigenvalue weighted by Crippen LogP contribution is -2.36. The Morgan fingerprint density at radius 2 is 1.96 bits per heavy atom. The van der Waals surface area contributed by atoms with Gasteiger partial charge in [-0.2, -0.15) is 0 Å². The highest BCUT2D eigenvalue weighted by molar-refractivity contribution is 7.87. The molecule has 1 aliphatic heterocycles. The van der Waals surface area contributed by atoms with E-state index in [2.05, 4.69) is 14.9 Å². The van der Waals surface area contributed by atoms with Gasteiger partial charge >= 0.3 is 5.97 Å². The lowest BCUT2D eigenvalue weighted by Gasteiger charge is -2.15. The first-order valence-electron chi connectivity index (χ1n) is 5.93. The zero-order valence-corrected chi connectivity index (χ0v) is 12.0. The van der Waals surface area contributed by atoms with Crippen molar-refractivity contribution in [2.45, 2.75) is 11.7 Å². The lowest BCUT2D eigenvalue weighted by molar-refractivity contribution is -0.172. The van der Waals surface area contributed by atoms with E-state index in [1.807, 2.05) is 0 Å². The predicted molar refractivity (Wildman–Crippen MR) is 70.6 cm³/mol. The Labute approximate surface area is 128 Å². The van der Waals surface area contributed by atoms with E-state index >= 15 is 0 Å². The molecule has 0 saturated carbocycles. The fourth-order valence-corrected chi connectivity index (χ4v) is 2.44. The molecule has 0 spiro atoms. The van der Waals surface area contributed by atoms with Crippen LogP contribution in [0.2, 0.25) is 0 Å². The van der Waals surface area contributed by atoms with Crippen molar-refractivity contribution in [1.82, 2.24) is 5.06 Å². The highest BCUT2D eigenvalue weighted by atomic mass is 32.2. The number of hydroxylamine groups is 2. The Kier molecular flexibility index (Phi) is 4.31. The second-order valence-corrected chi connectivity index (χ2v) is 5.88. The van der Waals surface area contributed by atoms with Gasteiger partial charge in [-0.3, -0.25) is 9.59 Å². The maximum Gasteiger partial charge on any atom is 0.363 e. The van der Waals surface area contributed by atoms with Crippen molar-refractivity contribution in [2.24, 2.45) is 5.11 Å². The maximum absolute atomic E-state index is 11.8. The molecule has 1 heterocycles. The van der Waals surface area contributed by atoms with Crippen molar-refractivity contribution in [3.8, 4) is 0 Å². The standard InChI is InChI=1S/C11H8N4O7S/c12-14-13-7-3-1-6(2-4-7)11(18)22-15-9(16)5-8(10(15)17)23(19,20)21/h1-4,8H,5H2,(H,19,20,21)/p-1. The molecule has 1 unspecified atom stereocenters. The second kappa shape index (κ2) is 6.04. The summed E-state index contributed by atoms with van der Waals surface area (Å²) < 4.78 is 32.6. The van der Waals surface area contributed by atoms with E-state index in [-0.39, 0.29) is 16.3 Å². The van der Waals surface area contributed by atoms with Crippen LogP contribution in [0.4, 0.5) is 5.69 Å². The van der Waals surface area contributed by atoms with Gasteiger partial charge in [-0.1, -0.05) is 17.2 Å². The molecule has 12 heteroatoms. The molecule has 11 nitrogen and oxygen atoms in total. The zero-order chi connectivity index (χ0) is 17.2. The third-order valence-corrected chi connectivity index (χ3v) is 3.91. The lowest BCUT2D eigenvalue weighted by atomic mass is 10.2. The summed E-state index contributed by atoms with van der Waals surface area (Å²) in [7, 11) is -5.03. The van der Waals surface area contributed by atoms with Crippen molar-refractivity contribution in [3.63, 3.8) is 0 Å². The summed E-state index contributed by atoms with van der Waals surface area (Å²) in [5.41, 5.74) is 8.38. The summed E-state index contributed by atoms with van der Waals surface area (Å²) in [6, 6.07) is 4.99. The van der Waals surface area contributed by atoms with E-state index in [0.29, 0.717) is 0 Å². The molecule has 0 aromatic heterocycles. The van der Waals surface area contributed by atoms with E-state index in [4.69, 9.17) is 5.53 Å². The van der Waals surface area contributed by atoms with Crippen molar-refractivity contribution >= 4 is 33.6 Å². The molecule has 120 valence electrons. The van der Waals surface area contributed by atoms with Gasteiger partial charge in [0, 0.05) is 10.6 Å². The highest BCUT2D eigenvalue weighted by Gasteiger charge is 2.45. The van der Waals surface area contributed by atoms with E-state index in [1.165, 1.54) is 24.3 Å². The Bertz CT molecular complexity index is 826. The SMILES string of the molecule is [N-]=[N+]=Nc1ccc(C(=O)ON2C(=O)CC(S(=O)(=O)[O-])C2=O)cc1. The zero-order valence-electron chi connectivity index (χ0n) is 11.1. The summed E-state index contributed by atoms with van der Waals surface area (Å²) in [5.74, 6) is -3.65. The van der Waals surface area contributed by atoms with E-state index in [1.54, 1.807) is 0 Å². The summed E-state index contributed by atoms with van der Waals surface area (Å²) in [4.78, 5) is 42.1. The Morgan fingerprint density at radius 3 is 2.43 bits per heavy atom. The molecule has 1 aliphatic rings. The average molecular weight is 339 g/mol. The van der Waals surface area contributed by atoms with Crippen LogP contribution in [-0.4, -0.2) is 41.1 Å². The number of hydrogen-bond donors (Lipinski definition) is 0. The smallest absolute Gasteiger partial charge is 0.363 e. The number of carbonyl (C=O) groups excluding carboxylic acids is 3. The average Bonchev–Trinajstić information content (AvgIpc) is 2.76. The van der Waals surface area contributed by atoms with Gasteiger partial charge in [-0.15, -0.1) is 5.06 Å². The normalized spacial score (nSPS) is 17.8. The van der Waals surface area contributed by atoms with Gasteiger partial charge in [0.25, 0.3) is 11.8 Å². The maximum atomic E-state index is 11.8. The predicted octanol–water partition coefficient (Wildman–Crippen LogP) is 0.373. The van der Waals surface area contributed by atoms with Gasteiger partial charge < -0.3 is 9.39 Å². The topological polar surface area (TPSA) is 170 Å². The molecule has 1 saturated heterocycles. The van der Waals surface area contributed by atoms with Crippen LogP contribution in [0.25, 0.3) is 10.4 Å². The molecule has 0 aliphatic carbocycles. The molecule has 1 fully saturated rings. The van der Waals surface area contributed by atoms with E-state index in [0.717, 1.165) is 0 Å². The number of carbonyl (C=O) groups is 3. The quantitative estimate of drug-likeness (QED) is 0.251. The first kappa shape index (κ1) is 16.4. The first-order valence-corrected chi connectivity index (χ1v) is 7.40. The minimum atomic E-state index is -5.03. The minimum absolute atomic E-state index is 0.0379. The largest absolute Gasteiger partial charge is 0.747 e.